The van der Waals surface area contributed by atoms with Crippen LogP contribution in [0.4, 0.5) is 0 Å². The van der Waals surface area contributed by atoms with E-state index in [2.05, 4.69) is 31.3 Å². The zero-order valence-corrected chi connectivity index (χ0v) is 10.8. The van der Waals surface area contributed by atoms with Gasteiger partial charge < -0.3 is 14.5 Å². The number of hydrogen-bond donors (Lipinski definition) is 1. The Balaban J connectivity index is 1.76. The van der Waals surface area contributed by atoms with Gasteiger partial charge in [0.15, 0.2) is 0 Å². The van der Waals surface area contributed by atoms with Crippen LogP contribution in [-0.2, 0) is 4.74 Å². The largest absolute Gasteiger partial charge is 0.458 e. The Kier molecular flexibility index (Phi) is 3.10. The second-order valence-corrected chi connectivity index (χ2v) is 5.27. The van der Waals surface area contributed by atoms with E-state index in [1.165, 1.54) is 0 Å². The minimum atomic E-state index is 0.0346. The molecule has 2 atom stereocenters. The number of rotatable bonds is 2. The fraction of sp³-hybridized carbons (Fsp3) is 0.467. The summed E-state index contributed by atoms with van der Waals surface area (Å²) in [6.07, 6.45) is 0.0346. The monoisotopic (exact) mass is 245 g/mol. The third kappa shape index (κ3) is 2.16. The van der Waals surface area contributed by atoms with Gasteiger partial charge in [0.05, 0.1) is 6.61 Å². The lowest BCUT2D eigenvalue weighted by Gasteiger charge is -2.31. The first kappa shape index (κ1) is 11.8. The van der Waals surface area contributed by atoms with Crippen LogP contribution in [0.1, 0.15) is 25.7 Å². The number of para-hydroxylation sites is 1. The van der Waals surface area contributed by atoms with E-state index in [1.54, 1.807) is 0 Å². The van der Waals surface area contributed by atoms with E-state index in [4.69, 9.17) is 9.15 Å². The van der Waals surface area contributed by atoms with Crippen molar-refractivity contribution in [1.29, 1.82) is 0 Å². The first-order valence-electron chi connectivity index (χ1n) is 6.57. The number of nitrogens with one attached hydrogen (secondary N) is 1. The van der Waals surface area contributed by atoms with Crippen LogP contribution < -0.4 is 5.32 Å². The highest BCUT2D eigenvalue weighted by Crippen LogP contribution is 2.27. The quantitative estimate of drug-likeness (QED) is 0.882. The van der Waals surface area contributed by atoms with Gasteiger partial charge in [0.2, 0.25) is 0 Å². The van der Waals surface area contributed by atoms with Gasteiger partial charge in [-0.05, 0) is 18.1 Å². The molecule has 1 aliphatic heterocycles. The minimum absolute atomic E-state index is 0.0346. The summed E-state index contributed by atoms with van der Waals surface area (Å²) in [5.41, 5.74) is 0.932. The van der Waals surface area contributed by atoms with Crippen LogP contribution in [0, 0.1) is 5.92 Å². The van der Waals surface area contributed by atoms with Gasteiger partial charge in [-0.2, -0.15) is 0 Å². The number of hydrogen-bond acceptors (Lipinski definition) is 3. The van der Waals surface area contributed by atoms with E-state index in [0.29, 0.717) is 12.0 Å². The Morgan fingerprint density at radius 2 is 2.11 bits per heavy atom. The summed E-state index contributed by atoms with van der Waals surface area (Å²) in [6, 6.07) is 10.6. The Labute approximate surface area is 107 Å². The summed E-state index contributed by atoms with van der Waals surface area (Å²) in [4.78, 5) is 0. The molecule has 3 rings (SSSR count). The number of fused-ring (bicyclic) bond motifs is 1. The summed E-state index contributed by atoms with van der Waals surface area (Å²) in [5, 5.41) is 4.67. The molecule has 0 aliphatic carbocycles. The Morgan fingerprint density at radius 3 is 2.78 bits per heavy atom. The van der Waals surface area contributed by atoms with Crippen molar-refractivity contribution in [3.05, 3.63) is 36.1 Å². The molecule has 1 aromatic heterocycles. The third-order valence-corrected chi connectivity index (χ3v) is 3.61. The van der Waals surface area contributed by atoms with Gasteiger partial charge in [-0.25, -0.2) is 0 Å². The molecule has 0 saturated carbocycles. The van der Waals surface area contributed by atoms with Crippen LogP contribution in [0.15, 0.2) is 34.7 Å². The molecular formula is C15H19NO2. The van der Waals surface area contributed by atoms with Gasteiger partial charge in [0.25, 0.3) is 0 Å². The topological polar surface area (TPSA) is 34.4 Å². The second-order valence-electron chi connectivity index (χ2n) is 5.27. The van der Waals surface area contributed by atoms with Crippen molar-refractivity contribution in [2.45, 2.75) is 26.0 Å². The SMILES string of the molecule is CC(C)C1COC(c2cc3ccccc3o2)CN1. The molecule has 1 aliphatic rings. The highest BCUT2D eigenvalue weighted by atomic mass is 16.5. The first-order chi connectivity index (χ1) is 8.74. The Hall–Kier alpha value is -1.32. The van der Waals surface area contributed by atoms with Crippen molar-refractivity contribution in [1.82, 2.24) is 5.32 Å². The van der Waals surface area contributed by atoms with Crippen LogP contribution in [-0.4, -0.2) is 19.2 Å². The van der Waals surface area contributed by atoms with Crippen molar-refractivity contribution < 1.29 is 9.15 Å². The molecule has 96 valence electrons. The molecule has 3 heteroatoms. The average Bonchev–Trinajstić information content (AvgIpc) is 2.82. The van der Waals surface area contributed by atoms with Gasteiger partial charge in [0.1, 0.15) is 17.4 Å². The van der Waals surface area contributed by atoms with Crippen molar-refractivity contribution in [3.63, 3.8) is 0 Å². The van der Waals surface area contributed by atoms with Gasteiger partial charge in [0, 0.05) is 18.0 Å². The predicted molar refractivity (Wildman–Crippen MR) is 71.5 cm³/mol. The predicted octanol–water partition coefficient (Wildman–Crippen LogP) is 3.12. The average molecular weight is 245 g/mol. The molecule has 1 aromatic carbocycles. The minimum Gasteiger partial charge on any atom is -0.458 e. The lowest BCUT2D eigenvalue weighted by Crippen LogP contribution is -2.45. The normalized spacial score (nSPS) is 24.8. The van der Waals surface area contributed by atoms with Gasteiger partial charge >= 0.3 is 0 Å². The number of furan rings is 1. The maximum absolute atomic E-state index is 5.91. The highest BCUT2D eigenvalue weighted by Gasteiger charge is 2.26. The van der Waals surface area contributed by atoms with Crippen LogP contribution in [0.5, 0.6) is 0 Å². The summed E-state index contributed by atoms with van der Waals surface area (Å²) >= 11 is 0. The molecule has 2 unspecified atom stereocenters. The molecular weight excluding hydrogens is 226 g/mol. The van der Waals surface area contributed by atoms with Gasteiger partial charge in [-0.15, -0.1) is 0 Å². The maximum atomic E-state index is 5.91. The molecule has 0 spiro atoms. The molecule has 1 saturated heterocycles. The van der Waals surface area contributed by atoms with E-state index in [-0.39, 0.29) is 6.10 Å². The van der Waals surface area contributed by atoms with Crippen LogP contribution in [0.2, 0.25) is 0 Å². The summed E-state index contributed by atoms with van der Waals surface area (Å²) < 4.78 is 11.7. The third-order valence-electron chi connectivity index (χ3n) is 3.61. The maximum Gasteiger partial charge on any atom is 0.135 e. The summed E-state index contributed by atoms with van der Waals surface area (Å²) in [6.45, 7) is 5.99. The van der Waals surface area contributed by atoms with Crippen LogP contribution in [0.3, 0.4) is 0 Å². The zero-order chi connectivity index (χ0) is 12.5. The summed E-state index contributed by atoms with van der Waals surface area (Å²) in [5.74, 6) is 1.52. The van der Waals surface area contributed by atoms with Crippen LogP contribution >= 0.6 is 0 Å². The lowest BCUT2D eigenvalue weighted by atomic mass is 10.0. The molecule has 1 fully saturated rings. The Morgan fingerprint density at radius 1 is 1.28 bits per heavy atom. The van der Waals surface area contributed by atoms with E-state index in [1.807, 2.05) is 18.2 Å². The fourth-order valence-corrected chi connectivity index (χ4v) is 2.37. The number of ether oxygens (including phenoxy) is 1. The highest BCUT2D eigenvalue weighted by molar-refractivity contribution is 5.77. The van der Waals surface area contributed by atoms with Crippen molar-refractivity contribution >= 4 is 11.0 Å². The Bertz CT molecular complexity index is 491. The van der Waals surface area contributed by atoms with Crippen LogP contribution in [0.25, 0.3) is 11.0 Å². The van der Waals surface area contributed by atoms with Crippen molar-refractivity contribution in [3.8, 4) is 0 Å². The molecule has 0 amide bonds. The van der Waals surface area contributed by atoms with Gasteiger partial charge in [-0.1, -0.05) is 32.0 Å². The first-order valence-corrected chi connectivity index (χ1v) is 6.57. The number of benzene rings is 1. The molecule has 3 nitrogen and oxygen atoms in total. The van der Waals surface area contributed by atoms with E-state index >= 15 is 0 Å². The lowest BCUT2D eigenvalue weighted by molar-refractivity contribution is -0.0172. The molecule has 0 bridgehead atoms. The second kappa shape index (κ2) is 4.75. The molecule has 1 N–H and O–H groups in total. The fourth-order valence-electron chi connectivity index (χ4n) is 2.37. The zero-order valence-electron chi connectivity index (χ0n) is 10.8. The van der Waals surface area contributed by atoms with E-state index < -0.39 is 0 Å². The van der Waals surface area contributed by atoms with E-state index in [9.17, 15) is 0 Å². The molecule has 2 heterocycles. The smallest absolute Gasteiger partial charge is 0.135 e. The van der Waals surface area contributed by atoms with Crippen molar-refractivity contribution in [2.24, 2.45) is 5.92 Å². The van der Waals surface area contributed by atoms with E-state index in [0.717, 1.165) is 29.9 Å². The standard InChI is InChI=1S/C15H19NO2/c1-10(2)12-9-17-15(8-16-12)14-7-11-5-3-4-6-13(11)18-14/h3-7,10,12,15-16H,8-9H2,1-2H3. The molecule has 0 radical (unpaired) electrons. The van der Waals surface area contributed by atoms with Gasteiger partial charge in [-0.3, -0.25) is 0 Å². The summed E-state index contributed by atoms with van der Waals surface area (Å²) in [7, 11) is 0. The molecule has 18 heavy (non-hydrogen) atoms. The molecule has 2 aromatic rings. The van der Waals surface area contributed by atoms with Crippen molar-refractivity contribution in [2.75, 3.05) is 13.2 Å². The number of morpholine rings is 1.